The average Bonchev–Trinajstić information content (AvgIpc) is 2.90. The van der Waals surface area contributed by atoms with E-state index in [1.54, 1.807) is 0 Å². The van der Waals surface area contributed by atoms with Crippen LogP contribution in [0.15, 0.2) is 42.6 Å². The Morgan fingerprint density at radius 3 is 3.00 bits per heavy atom. The number of carbonyl (C=O) groups excluding carboxylic acids is 1. The van der Waals surface area contributed by atoms with Gasteiger partial charge in [0.2, 0.25) is 0 Å². The topological polar surface area (TPSA) is 68.1 Å². The fourth-order valence-electron chi connectivity index (χ4n) is 2.24. The van der Waals surface area contributed by atoms with E-state index in [1.807, 2.05) is 36.5 Å². The number of aromatic amines is 1. The largest absolute Gasteiger partial charge is 0.464 e. The monoisotopic (exact) mass is 286 g/mol. The summed E-state index contributed by atoms with van der Waals surface area (Å²) in [6.45, 7) is 2.45. The van der Waals surface area contributed by atoms with Crippen molar-refractivity contribution in [2.75, 3.05) is 6.61 Å². The molecule has 0 aliphatic rings. The van der Waals surface area contributed by atoms with Crippen molar-refractivity contribution in [1.82, 2.24) is 4.98 Å². The van der Waals surface area contributed by atoms with Crippen molar-refractivity contribution in [2.45, 2.75) is 32.2 Å². The van der Waals surface area contributed by atoms with E-state index in [2.05, 4.69) is 18.0 Å². The zero-order valence-electron chi connectivity index (χ0n) is 12.3. The number of fused-ring (bicyclic) bond motifs is 1. The number of allylic oxidation sites excluding steroid dienone is 1. The highest BCUT2D eigenvalue weighted by Crippen LogP contribution is 2.18. The Balaban J connectivity index is 1.87. The number of benzene rings is 1. The average molecular weight is 286 g/mol. The number of hydrogen-bond donors (Lipinski definition) is 2. The Hall–Kier alpha value is -2.07. The van der Waals surface area contributed by atoms with Crippen molar-refractivity contribution in [2.24, 2.45) is 5.73 Å². The van der Waals surface area contributed by atoms with Gasteiger partial charge >= 0.3 is 5.97 Å². The van der Waals surface area contributed by atoms with Crippen LogP contribution in [-0.2, 0) is 16.0 Å². The molecule has 0 aliphatic carbocycles. The van der Waals surface area contributed by atoms with Crippen molar-refractivity contribution in [3.05, 3.63) is 48.2 Å². The van der Waals surface area contributed by atoms with Crippen LogP contribution in [0.25, 0.3) is 10.9 Å². The number of H-pyrrole nitrogens is 1. The quantitative estimate of drug-likeness (QED) is 0.467. The first-order valence-electron chi connectivity index (χ1n) is 7.34. The molecule has 4 heteroatoms. The molecular weight excluding hydrogens is 264 g/mol. The second-order valence-corrected chi connectivity index (χ2v) is 5.01. The molecule has 2 aromatic rings. The van der Waals surface area contributed by atoms with E-state index < -0.39 is 6.04 Å². The third kappa shape index (κ3) is 4.20. The molecule has 0 bridgehead atoms. The number of nitrogens with one attached hydrogen (secondary N) is 1. The highest BCUT2D eigenvalue weighted by atomic mass is 16.5. The van der Waals surface area contributed by atoms with Crippen LogP contribution in [0.3, 0.4) is 0 Å². The number of hydrogen-bond acceptors (Lipinski definition) is 3. The van der Waals surface area contributed by atoms with Crippen molar-refractivity contribution in [1.29, 1.82) is 0 Å². The van der Waals surface area contributed by atoms with Crippen LogP contribution < -0.4 is 5.73 Å². The molecule has 1 aromatic carbocycles. The predicted octanol–water partition coefficient (Wildman–Crippen LogP) is 2.94. The summed E-state index contributed by atoms with van der Waals surface area (Å²) in [5.74, 6) is -0.342. The van der Waals surface area contributed by atoms with Gasteiger partial charge in [-0.25, -0.2) is 0 Å². The zero-order valence-corrected chi connectivity index (χ0v) is 12.3. The normalized spacial score (nSPS) is 12.9. The summed E-state index contributed by atoms with van der Waals surface area (Å²) in [6, 6.07) is 7.35. The van der Waals surface area contributed by atoms with Crippen molar-refractivity contribution < 1.29 is 9.53 Å². The molecule has 0 amide bonds. The zero-order chi connectivity index (χ0) is 15.1. The van der Waals surface area contributed by atoms with Crippen LogP contribution in [0.2, 0.25) is 0 Å². The summed E-state index contributed by atoms with van der Waals surface area (Å²) in [6.07, 6.45) is 8.18. The third-order valence-corrected chi connectivity index (χ3v) is 3.35. The lowest BCUT2D eigenvalue weighted by Gasteiger charge is -2.10. The Morgan fingerprint density at radius 1 is 1.38 bits per heavy atom. The van der Waals surface area contributed by atoms with Gasteiger partial charge in [0.05, 0.1) is 6.61 Å². The minimum atomic E-state index is -0.626. The maximum Gasteiger partial charge on any atom is 0.323 e. The Bertz CT molecular complexity index is 616. The molecule has 0 aliphatic heterocycles. The molecule has 112 valence electrons. The van der Waals surface area contributed by atoms with Crippen LogP contribution in [0.1, 0.15) is 25.3 Å². The van der Waals surface area contributed by atoms with Gasteiger partial charge in [0.25, 0.3) is 0 Å². The number of ether oxygens (including phenoxy) is 1. The maximum absolute atomic E-state index is 11.9. The molecule has 3 N–H and O–H groups in total. The van der Waals surface area contributed by atoms with Crippen molar-refractivity contribution in [3.8, 4) is 0 Å². The van der Waals surface area contributed by atoms with E-state index in [0.717, 1.165) is 29.3 Å². The second-order valence-electron chi connectivity index (χ2n) is 5.01. The molecular formula is C17H22N2O2. The SMILES string of the molecule is CC/C=C\CCOC(=O)C(N)Cc1c[nH]c2ccccc12. The highest BCUT2D eigenvalue weighted by Gasteiger charge is 2.17. The molecule has 1 unspecified atom stereocenters. The second kappa shape index (κ2) is 7.64. The molecule has 0 radical (unpaired) electrons. The fraction of sp³-hybridized carbons (Fsp3) is 0.353. The molecule has 0 spiro atoms. The molecule has 0 saturated heterocycles. The third-order valence-electron chi connectivity index (χ3n) is 3.35. The first-order valence-corrected chi connectivity index (χ1v) is 7.34. The fourth-order valence-corrected chi connectivity index (χ4v) is 2.24. The van der Waals surface area contributed by atoms with Crippen LogP contribution in [-0.4, -0.2) is 23.6 Å². The Kier molecular flexibility index (Phi) is 5.58. The Morgan fingerprint density at radius 2 is 2.19 bits per heavy atom. The van der Waals surface area contributed by atoms with Crippen LogP contribution in [0.5, 0.6) is 0 Å². The van der Waals surface area contributed by atoms with Gasteiger partial charge in [0, 0.05) is 23.5 Å². The van der Waals surface area contributed by atoms with Gasteiger partial charge in [-0.05, 0) is 24.5 Å². The summed E-state index contributed by atoms with van der Waals surface area (Å²) in [5, 5.41) is 1.10. The van der Waals surface area contributed by atoms with Gasteiger partial charge in [-0.2, -0.15) is 0 Å². The number of rotatable bonds is 7. The summed E-state index contributed by atoms with van der Waals surface area (Å²) in [5.41, 5.74) is 8.03. The smallest absolute Gasteiger partial charge is 0.323 e. The first-order chi connectivity index (χ1) is 10.2. The van der Waals surface area contributed by atoms with E-state index in [-0.39, 0.29) is 5.97 Å². The van der Waals surface area contributed by atoms with Gasteiger partial charge in [-0.15, -0.1) is 0 Å². The van der Waals surface area contributed by atoms with E-state index in [1.165, 1.54) is 0 Å². The van der Waals surface area contributed by atoms with E-state index in [0.29, 0.717) is 13.0 Å². The number of carbonyl (C=O) groups is 1. The number of nitrogens with two attached hydrogens (primary N) is 1. The molecule has 2 rings (SSSR count). The lowest BCUT2D eigenvalue weighted by molar-refractivity contribution is -0.145. The molecule has 1 aromatic heterocycles. The molecule has 21 heavy (non-hydrogen) atoms. The molecule has 0 saturated carbocycles. The van der Waals surface area contributed by atoms with E-state index in [9.17, 15) is 4.79 Å². The lowest BCUT2D eigenvalue weighted by Crippen LogP contribution is -2.34. The number of para-hydroxylation sites is 1. The molecule has 1 atom stereocenters. The van der Waals surface area contributed by atoms with Crippen LogP contribution >= 0.6 is 0 Å². The minimum absolute atomic E-state index is 0.342. The van der Waals surface area contributed by atoms with Crippen molar-refractivity contribution in [3.63, 3.8) is 0 Å². The molecule has 0 fully saturated rings. The number of esters is 1. The Labute approximate surface area is 125 Å². The summed E-state index contributed by atoms with van der Waals surface area (Å²) < 4.78 is 5.19. The summed E-state index contributed by atoms with van der Waals surface area (Å²) in [7, 11) is 0. The van der Waals surface area contributed by atoms with Gasteiger partial charge in [-0.3, -0.25) is 4.79 Å². The number of aromatic nitrogens is 1. The van der Waals surface area contributed by atoms with Crippen LogP contribution in [0.4, 0.5) is 0 Å². The summed E-state index contributed by atoms with van der Waals surface area (Å²) >= 11 is 0. The summed E-state index contributed by atoms with van der Waals surface area (Å²) in [4.78, 5) is 15.0. The van der Waals surface area contributed by atoms with Gasteiger partial charge in [0.15, 0.2) is 0 Å². The first kappa shape index (κ1) is 15.3. The maximum atomic E-state index is 11.9. The predicted molar refractivity (Wildman–Crippen MR) is 85.0 cm³/mol. The van der Waals surface area contributed by atoms with Crippen LogP contribution in [0, 0.1) is 0 Å². The van der Waals surface area contributed by atoms with Gasteiger partial charge in [0.1, 0.15) is 6.04 Å². The standard InChI is InChI=1S/C17H22N2O2/c1-2-3-4-7-10-21-17(20)15(18)11-13-12-19-16-9-6-5-8-14(13)16/h3-6,8-9,12,15,19H,2,7,10-11,18H2,1H3/b4-3-. The highest BCUT2D eigenvalue weighted by molar-refractivity contribution is 5.84. The van der Waals surface area contributed by atoms with Crippen molar-refractivity contribution >= 4 is 16.9 Å². The molecule has 4 nitrogen and oxygen atoms in total. The minimum Gasteiger partial charge on any atom is -0.464 e. The van der Waals surface area contributed by atoms with Gasteiger partial charge < -0.3 is 15.5 Å². The lowest BCUT2D eigenvalue weighted by atomic mass is 10.1. The van der Waals surface area contributed by atoms with E-state index >= 15 is 0 Å². The molecule has 1 heterocycles. The van der Waals surface area contributed by atoms with E-state index in [4.69, 9.17) is 10.5 Å². The van der Waals surface area contributed by atoms with Gasteiger partial charge in [-0.1, -0.05) is 37.3 Å².